The van der Waals surface area contributed by atoms with Crippen molar-refractivity contribution in [2.75, 3.05) is 0 Å². The van der Waals surface area contributed by atoms with E-state index in [2.05, 4.69) is 102 Å². The lowest BCUT2D eigenvalue weighted by Gasteiger charge is -2.13. The van der Waals surface area contributed by atoms with Crippen LogP contribution in [0.4, 0.5) is 0 Å². The number of fused-ring (bicyclic) bond motifs is 5. The maximum Gasteiger partial charge on any atom is 0.144 e. The van der Waals surface area contributed by atoms with Crippen molar-refractivity contribution in [1.29, 1.82) is 0 Å². The molecule has 3 heterocycles. The molecule has 2 aliphatic heterocycles. The molecule has 192 valence electrons. The highest BCUT2D eigenvalue weighted by Crippen LogP contribution is 2.44. The molecule has 0 fully saturated rings. The molecule has 8 rings (SSSR count). The SMILES string of the molecule is c1ccc(-c2cc(-c3ccc(-c4oc5ccccc5c5nc6ccccc6c4-5)cc3)cc(-c3ccccn3)c2)cc1. The van der Waals surface area contributed by atoms with E-state index in [0.717, 1.165) is 72.4 Å². The van der Waals surface area contributed by atoms with Crippen molar-refractivity contribution in [3.8, 4) is 56.1 Å². The van der Waals surface area contributed by atoms with Gasteiger partial charge in [-0.2, -0.15) is 0 Å². The lowest BCUT2D eigenvalue weighted by Crippen LogP contribution is -1.90. The van der Waals surface area contributed by atoms with E-state index in [1.165, 1.54) is 5.56 Å². The molecule has 41 heavy (non-hydrogen) atoms. The van der Waals surface area contributed by atoms with Crippen LogP contribution in [0, 0.1) is 0 Å². The highest BCUT2D eigenvalue weighted by molar-refractivity contribution is 6.10. The first-order chi connectivity index (χ1) is 20.3. The van der Waals surface area contributed by atoms with Gasteiger partial charge < -0.3 is 4.42 Å². The van der Waals surface area contributed by atoms with Gasteiger partial charge in [-0.1, -0.05) is 91.0 Å². The lowest BCUT2D eigenvalue weighted by molar-refractivity contribution is 0.622. The Morgan fingerprint density at radius 3 is 1.88 bits per heavy atom. The molecule has 3 heteroatoms. The van der Waals surface area contributed by atoms with Gasteiger partial charge in [-0.3, -0.25) is 4.98 Å². The average molecular weight is 525 g/mol. The van der Waals surface area contributed by atoms with Crippen LogP contribution in [-0.2, 0) is 0 Å². The van der Waals surface area contributed by atoms with Gasteiger partial charge >= 0.3 is 0 Å². The molecule has 6 aromatic rings. The highest BCUT2D eigenvalue weighted by atomic mass is 16.3. The molecule has 3 nitrogen and oxygen atoms in total. The zero-order valence-electron chi connectivity index (χ0n) is 22.2. The minimum atomic E-state index is 0.831. The maximum absolute atomic E-state index is 6.58. The van der Waals surface area contributed by atoms with Crippen molar-refractivity contribution < 1.29 is 4.42 Å². The molecule has 0 spiro atoms. The van der Waals surface area contributed by atoms with Gasteiger partial charge in [-0.05, 0) is 70.8 Å². The number of nitrogens with zero attached hydrogens (tertiary/aromatic N) is 2. The topological polar surface area (TPSA) is 38.9 Å². The third-order valence-corrected chi connectivity index (χ3v) is 7.70. The number of para-hydroxylation sites is 2. The van der Waals surface area contributed by atoms with Crippen LogP contribution in [0.15, 0.2) is 150 Å². The summed E-state index contributed by atoms with van der Waals surface area (Å²) in [7, 11) is 0. The summed E-state index contributed by atoms with van der Waals surface area (Å²) < 4.78 is 6.58. The second-order valence-corrected chi connectivity index (χ2v) is 10.2. The van der Waals surface area contributed by atoms with Gasteiger partial charge in [0.05, 0.1) is 22.5 Å². The van der Waals surface area contributed by atoms with Gasteiger partial charge in [0.2, 0.25) is 0 Å². The quantitative estimate of drug-likeness (QED) is 0.230. The predicted octanol–water partition coefficient (Wildman–Crippen LogP) is 10.1. The first-order valence-corrected chi connectivity index (χ1v) is 13.7. The third kappa shape index (κ3) is 4.07. The molecule has 1 aromatic heterocycles. The van der Waals surface area contributed by atoms with Crippen LogP contribution < -0.4 is 0 Å². The minimum Gasteiger partial charge on any atom is -0.455 e. The van der Waals surface area contributed by atoms with Crippen molar-refractivity contribution in [2.24, 2.45) is 0 Å². The van der Waals surface area contributed by atoms with Gasteiger partial charge in [-0.15, -0.1) is 0 Å². The summed E-state index contributed by atoms with van der Waals surface area (Å²) in [5.41, 5.74) is 11.5. The Morgan fingerprint density at radius 1 is 0.463 bits per heavy atom. The molecule has 5 aromatic carbocycles. The Morgan fingerprint density at radius 2 is 1.10 bits per heavy atom. The second-order valence-electron chi connectivity index (χ2n) is 10.2. The van der Waals surface area contributed by atoms with Crippen LogP contribution >= 0.6 is 0 Å². The first-order valence-electron chi connectivity index (χ1n) is 13.7. The molecule has 0 radical (unpaired) electrons. The fourth-order valence-corrected chi connectivity index (χ4v) is 5.71. The van der Waals surface area contributed by atoms with Crippen molar-refractivity contribution in [3.63, 3.8) is 0 Å². The van der Waals surface area contributed by atoms with Crippen LogP contribution in [0.3, 0.4) is 0 Å². The Bertz CT molecular complexity index is 2070. The summed E-state index contributed by atoms with van der Waals surface area (Å²) in [4.78, 5) is 9.63. The fraction of sp³-hybridized carbons (Fsp3) is 0. The van der Waals surface area contributed by atoms with E-state index >= 15 is 0 Å². The third-order valence-electron chi connectivity index (χ3n) is 7.70. The zero-order valence-corrected chi connectivity index (χ0v) is 22.2. The largest absolute Gasteiger partial charge is 0.455 e. The van der Waals surface area contributed by atoms with Crippen LogP contribution in [-0.4, -0.2) is 9.97 Å². The van der Waals surface area contributed by atoms with Gasteiger partial charge in [-0.25, -0.2) is 4.98 Å². The number of hydrogen-bond acceptors (Lipinski definition) is 3. The molecule has 0 saturated carbocycles. The molecule has 0 unspecified atom stereocenters. The van der Waals surface area contributed by atoms with E-state index in [-0.39, 0.29) is 0 Å². The number of pyridine rings is 1. The Balaban J connectivity index is 1.28. The number of hydrogen-bond donors (Lipinski definition) is 0. The summed E-state index contributed by atoms with van der Waals surface area (Å²) in [6.45, 7) is 0. The standard InChI is InChI=1S/C38H24N2O/c1-2-10-25(11-3-1)28-22-29(24-30(23-28)33-14-8-9-21-39-33)26-17-19-27(20-18-26)38-36-31-12-4-6-15-34(31)40-37(36)32-13-5-7-16-35(32)41-38/h1-24H. The molecular formula is C38H24N2O. The molecule has 2 aliphatic rings. The van der Waals surface area contributed by atoms with Crippen LogP contribution in [0.5, 0.6) is 0 Å². The van der Waals surface area contributed by atoms with E-state index in [0.29, 0.717) is 0 Å². The van der Waals surface area contributed by atoms with E-state index in [1.807, 2.05) is 48.7 Å². The zero-order chi connectivity index (χ0) is 27.2. The van der Waals surface area contributed by atoms with Gasteiger partial charge in [0.1, 0.15) is 11.3 Å². The fourth-order valence-electron chi connectivity index (χ4n) is 5.71. The Hall–Kier alpha value is -5.54. The normalized spacial score (nSPS) is 11.4. The molecule has 0 bridgehead atoms. The first kappa shape index (κ1) is 23.4. The lowest BCUT2D eigenvalue weighted by atomic mass is 9.93. The van der Waals surface area contributed by atoms with Gasteiger partial charge in [0.15, 0.2) is 0 Å². The summed E-state index contributed by atoms with van der Waals surface area (Å²) in [5, 5.41) is 2.13. The molecule has 0 atom stereocenters. The monoisotopic (exact) mass is 524 g/mol. The predicted molar refractivity (Wildman–Crippen MR) is 168 cm³/mol. The Kier molecular flexibility index (Phi) is 5.46. The molecule has 0 N–H and O–H groups in total. The van der Waals surface area contributed by atoms with Gasteiger partial charge in [0, 0.05) is 28.1 Å². The van der Waals surface area contributed by atoms with Crippen molar-refractivity contribution in [3.05, 3.63) is 146 Å². The summed E-state index contributed by atoms with van der Waals surface area (Å²) in [5.74, 6) is 0.839. The average Bonchev–Trinajstić information content (AvgIpc) is 3.45. The van der Waals surface area contributed by atoms with E-state index in [9.17, 15) is 0 Å². The smallest absolute Gasteiger partial charge is 0.144 e. The molecular weight excluding hydrogens is 500 g/mol. The van der Waals surface area contributed by atoms with E-state index in [4.69, 9.17) is 9.40 Å². The highest BCUT2D eigenvalue weighted by Gasteiger charge is 2.23. The van der Waals surface area contributed by atoms with Crippen LogP contribution in [0.1, 0.15) is 0 Å². The number of rotatable bonds is 4. The van der Waals surface area contributed by atoms with Crippen molar-refractivity contribution in [1.82, 2.24) is 9.97 Å². The summed E-state index contributed by atoms with van der Waals surface area (Å²) in [6, 6.07) is 48.3. The molecule has 0 aliphatic carbocycles. The van der Waals surface area contributed by atoms with E-state index in [1.54, 1.807) is 0 Å². The number of aromatic nitrogens is 2. The summed E-state index contributed by atoms with van der Waals surface area (Å²) >= 11 is 0. The molecule has 0 amide bonds. The number of benzene rings is 5. The Labute approximate surface area is 237 Å². The molecule has 0 saturated heterocycles. The van der Waals surface area contributed by atoms with Crippen LogP contribution in [0.2, 0.25) is 0 Å². The summed E-state index contributed by atoms with van der Waals surface area (Å²) in [6.07, 6.45) is 1.84. The van der Waals surface area contributed by atoms with Crippen LogP contribution in [0.25, 0.3) is 78.0 Å². The van der Waals surface area contributed by atoms with Crippen molar-refractivity contribution >= 4 is 21.9 Å². The van der Waals surface area contributed by atoms with E-state index < -0.39 is 0 Å². The minimum absolute atomic E-state index is 0.831. The van der Waals surface area contributed by atoms with Crippen molar-refractivity contribution in [2.45, 2.75) is 0 Å². The maximum atomic E-state index is 6.58. The second kappa shape index (κ2) is 9.58. The van der Waals surface area contributed by atoms with Gasteiger partial charge in [0.25, 0.3) is 0 Å².